The van der Waals surface area contributed by atoms with E-state index in [-0.39, 0.29) is 12.5 Å². The largest absolute Gasteiger partial charge is 0.497 e. The van der Waals surface area contributed by atoms with Crippen LogP contribution in [0.3, 0.4) is 0 Å². The van der Waals surface area contributed by atoms with Gasteiger partial charge in [0, 0.05) is 4.47 Å². The minimum Gasteiger partial charge on any atom is -0.497 e. The Morgan fingerprint density at radius 1 is 1.30 bits per heavy atom. The van der Waals surface area contributed by atoms with Crippen molar-refractivity contribution in [3.05, 3.63) is 28.2 Å². The number of benzene rings is 1. The van der Waals surface area contributed by atoms with Crippen LogP contribution in [0.5, 0.6) is 5.75 Å². The van der Waals surface area contributed by atoms with Crippen LogP contribution in [0.1, 0.15) is 31.1 Å². The summed E-state index contributed by atoms with van der Waals surface area (Å²) in [5.74, 6) is -0.290. The Bertz CT molecular complexity index is 508. The topological polar surface area (TPSA) is 64.6 Å². The normalized spacial score (nSPS) is 10.8. The molecular formula is C14H18BrNO4. The van der Waals surface area contributed by atoms with Crippen LogP contribution in [0.2, 0.25) is 0 Å². The van der Waals surface area contributed by atoms with Crippen LogP contribution in [0.15, 0.2) is 22.7 Å². The summed E-state index contributed by atoms with van der Waals surface area (Å²) in [6.07, 6.45) is 0. The van der Waals surface area contributed by atoms with Crippen molar-refractivity contribution >= 4 is 27.8 Å². The van der Waals surface area contributed by atoms with Gasteiger partial charge in [-0.25, -0.2) is 0 Å². The molecule has 0 saturated carbocycles. The van der Waals surface area contributed by atoms with Crippen LogP contribution >= 0.6 is 15.9 Å². The van der Waals surface area contributed by atoms with Gasteiger partial charge in [-0.2, -0.15) is 0 Å². The number of methoxy groups -OCH3 is 1. The van der Waals surface area contributed by atoms with Crippen LogP contribution in [0.4, 0.5) is 0 Å². The van der Waals surface area contributed by atoms with Crippen LogP contribution in [0.25, 0.3) is 0 Å². The molecule has 20 heavy (non-hydrogen) atoms. The average molecular weight is 344 g/mol. The zero-order chi connectivity index (χ0) is 15.3. The van der Waals surface area contributed by atoms with Crippen molar-refractivity contribution in [2.45, 2.75) is 26.4 Å². The average Bonchev–Trinajstić information content (AvgIpc) is 2.34. The molecule has 0 bridgehead atoms. The van der Waals surface area contributed by atoms with Gasteiger partial charge in [0.25, 0.3) is 5.91 Å². The number of ether oxygens (including phenoxy) is 2. The molecule has 1 aromatic carbocycles. The molecule has 0 aromatic heterocycles. The van der Waals surface area contributed by atoms with Gasteiger partial charge in [0.2, 0.25) is 0 Å². The lowest BCUT2D eigenvalue weighted by atomic mass is 10.2. The highest BCUT2D eigenvalue weighted by Gasteiger charge is 2.18. The fourth-order valence-electron chi connectivity index (χ4n) is 1.43. The summed E-state index contributed by atoms with van der Waals surface area (Å²) >= 11 is 3.28. The number of carbonyl (C=O) groups excluding carboxylic acids is 2. The van der Waals surface area contributed by atoms with Crippen LogP contribution in [-0.2, 0) is 9.53 Å². The summed E-state index contributed by atoms with van der Waals surface area (Å²) in [6.45, 7) is 5.13. The van der Waals surface area contributed by atoms with Crippen LogP contribution < -0.4 is 10.1 Å². The molecule has 6 heteroatoms. The standard InChI is InChI=1S/C14H18BrNO4/c1-14(2,3)20-12(17)8-16-13(18)10-7-9(19-4)5-6-11(10)15/h5-7H,8H2,1-4H3,(H,16,18). The third-order valence-corrected chi connectivity index (χ3v) is 2.92. The number of amides is 1. The van der Waals surface area contributed by atoms with E-state index in [4.69, 9.17) is 9.47 Å². The SMILES string of the molecule is COc1ccc(Br)c(C(=O)NCC(=O)OC(C)(C)C)c1. The number of carbonyl (C=O) groups is 2. The zero-order valence-corrected chi connectivity index (χ0v) is 13.5. The Morgan fingerprint density at radius 3 is 2.50 bits per heavy atom. The Hall–Kier alpha value is -1.56. The highest BCUT2D eigenvalue weighted by atomic mass is 79.9. The molecule has 1 amide bonds. The summed E-state index contributed by atoms with van der Waals surface area (Å²) in [6, 6.07) is 5.03. The maximum atomic E-state index is 12.0. The van der Waals surface area contributed by atoms with Gasteiger partial charge in [-0.15, -0.1) is 0 Å². The van der Waals surface area contributed by atoms with E-state index in [9.17, 15) is 9.59 Å². The molecular weight excluding hydrogens is 326 g/mol. The lowest BCUT2D eigenvalue weighted by molar-refractivity contribution is -0.153. The summed E-state index contributed by atoms with van der Waals surface area (Å²) < 4.78 is 10.8. The van der Waals surface area contributed by atoms with Crippen molar-refractivity contribution in [2.24, 2.45) is 0 Å². The van der Waals surface area contributed by atoms with Crippen molar-refractivity contribution < 1.29 is 19.1 Å². The van der Waals surface area contributed by atoms with Gasteiger partial charge in [-0.3, -0.25) is 9.59 Å². The Balaban J connectivity index is 2.66. The molecule has 0 aliphatic heterocycles. The second-order valence-corrected chi connectivity index (χ2v) is 5.97. The fraction of sp³-hybridized carbons (Fsp3) is 0.429. The van der Waals surface area contributed by atoms with E-state index in [1.165, 1.54) is 7.11 Å². The second-order valence-electron chi connectivity index (χ2n) is 5.11. The molecule has 0 aliphatic carbocycles. The molecule has 0 heterocycles. The number of nitrogens with one attached hydrogen (secondary N) is 1. The molecule has 110 valence electrons. The summed E-state index contributed by atoms with van der Waals surface area (Å²) in [7, 11) is 1.52. The van der Waals surface area contributed by atoms with E-state index in [0.717, 1.165) is 0 Å². The zero-order valence-electron chi connectivity index (χ0n) is 12.0. The maximum absolute atomic E-state index is 12.0. The summed E-state index contributed by atoms with van der Waals surface area (Å²) in [4.78, 5) is 23.5. The highest BCUT2D eigenvalue weighted by Crippen LogP contribution is 2.22. The van der Waals surface area contributed by atoms with E-state index in [1.54, 1.807) is 39.0 Å². The van der Waals surface area contributed by atoms with Crippen molar-refractivity contribution in [3.63, 3.8) is 0 Å². The summed E-state index contributed by atoms with van der Waals surface area (Å²) in [5, 5.41) is 2.51. The third-order valence-electron chi connectivity index (χ3n) is 2.23. The second kappa shape index (κ2) is 6.74. The number of esters is 1. The Labute approximate surface area is 126 Å². The fourth-order valence-corrected chi connectivity index (χ4v) is 1.86. The lowest BCUT2D eigenvalue weighted by Crippen LogP contribution is -2.34. The minimum atomic E-state index is -0.571. The van der Waals surface area contributed by atoms with E-state index >= 15 is 0 Å². The number of hydrogen-bond donors (Lipinski definition) is 1. The van der Waals surface area contributed by atoms with Gasteiger partial charge in [-0.05, 0) is 54.9 Å². The minimum absolute atomic E-state index is 0.181. The van der Waals surface area contributed by atoms with Gasteiger partial charge >= 0.3 is 5.97 Å². The molecule has 0 fully saturated rings. The predicted molar refractivity (Wildman–Crippen MR) is 78.9 cm³/mol. The Morgan fingerprint density at radius 2 is 1.95 bits per heavy atom. The molecule has 0 spiro atoms. The van der Waals surface area contributed by atoms with Crippen LogP contribution in [0, 0.1) is 0 Å². The van der Waals surface area contributed by atoms with Gasteiger partial charge in [0.15, 0.2) is 0 Å². The maximum Gasteiger partial charge on any atom is 0.325 e. The first kappa shape index (κ1) is 16.5. The molecule has 1 N–H and O–H groups in total. The summed E-state index contributed by atoms with van der Waals surface area (Å²) in [5.41, 5.74) is -0.175. The molecule has 0 radical (unpaired) electrons. The highest BCUT2D eigenvalue weighted by molar-refractivity contribution is 9.10. The number of rotatable bonds is 4. The Kier molecular flexibility index (Phi) is 5.56. The van der Waals surface area contributed by atoms with Crippen molar-refractivity contribution in [1.82, 2.24) is 5.32 Å². The quantitative estimate of drug-likeness (QED) is 0.853. The van der Waals surface area contributed by atoms with Gasteiger partial charge in [0.05, 0.1) is 12.7 Å². The lowest BCUT2D eigenvalue weighted by Gasteiger charge is -2.19. The molecule has 0 saturated heterocycles. The first-order chi connectivity index (χ1) is 9.23. The molecule has 0 aliphatic rings. The van der Waals surface area contributed by atoms with Gasteiger partial charge < -0.3 is 14.8 Å². The molecule has 1 aromatic rings. The molecule has 0 atom stereocenters. The van der Waals surface area contributed by atoms with E-state index in [1.807, 2.05) is 0 Å². The van der Waals surface area contributed by atoms with E-state index in [0.29, 0.717) is 15.8 Å². The van der Waals surface area contributed by atoms with Crippen LogP contribution in [-0.4, -0.2) is 31.1 Å². The van der Waals surface area contributed by atoms with Crippen molar-refractivity contribution in [3.8, 4) is 5.75 Å². The predicted octanol–water partition coefficient (Wildman–Crippen LogP) is 2.53. The van der Waals surface area contributed by atoms with E-state index in [2.05, 4.69) is 21.2 Å². The van der Waals surface area contributed by atoms with Crippen molar-refractivity contribution in [1.29, 1.82) is 0 Å². The first-order valence-corrected chi connectivity index (χ1v) is 6.86. The monoisotopic (exact) mass is 343 g/mol. The van der Waals surface area contributed by atoms with Crippen molar-refractivity contribution in [2.75, 3.05) is 13.7 Å². The van der Waals surface area contributed by atoms with E-state index < -0.39 is 11.6 Å². The first-order valence-electron chi connectivity index (χ1n) is 6.06. The smallest absolute Gasteiger partial charge is 0.325 e. The molecule has 0 unspecified atom stereocenters. The molecule has 1 rings (SSSR count). The number of hydrogen-bond acceptors (Lipinski definition) is 4. The number of halogens is 1. The van der Waals surface area contributed by atoms with Gasteiger partial charge in [0.1, 0.15) is 17.9 Å². The van der Waals surface area contributed by atoms with Gasteiger partial charge in [-0.1, -0.05) is 0 Å². The third kappa shape index (κ3) is 5.21. The molecule has 5 nitrogen and oxygen atoms in total.